The van der Waals surface area contributed by atoms with Crippen molar-refractivity contribution in [2.75, 3.05) is 12.4 Å². The predicted octanol–water partition coefficient (Wildman–Crippen LogP) is 0.953. The summed E-state index contributed by atoms with van der Waals surface area (Å²) in [7, 11) is -13.7. The Morgan fingerprint density at radius 1 is 1.00 bits per heavy atom. The van der Waals surface area contributed by atoms with Gasteiger partial charge in [0, 0.05) is 5.39 Å². The first-order chi connectivity index (χ1) is 12.3. The summed E-state index contributed by atoms with van der Waals surface area (Å²) < 4.78 is 90.5. The van der Waals surface area contributed by atoms with Crippen molar-refractivity contribution in [3.8, 4) is 0 Å². The zero-order valence-corrected chi connectivity index (χ0v) is 18.8. The summed E-state index contributed by atoms with van der Waals surface area (Å²) in [6.45, 7) is 0.846. The summed E-state index contributed by atoms with van der Waals surface area (Å²) in [5.74, 6) is -0.829. The van der Waals surface area contributed by atoms with Gasteiger partial charge >= 0.3 is 33.6 Å². The number of sulfone groups is 1. The molecule has 0 heterocycles. The Bertz CT molecular complexity index is 1150. The van der Waals surface area contributed by atoms with E-state index in [2.05, 4.69) is 9.25 Å². The van der Waals surface area contributed by atoms with E-state index in [1.807, 2.05) is 0 Å². The molecule has 0 aromatic heterocycles. The number of benzene rings is 2. The molecule has 0 saturated heterocycles. The molecule has 0 fully saturated rings. The molecule has 0 saturated carbocycles. The Morgan fingerprint density at radius 3 is 2.11 bits per heavy atom. The second kappa shape index (κ2) is 8.96. The van der Waals surface area contributed by atoms with Crippen LogP contribution in [0.25, 0.3) is 10.8 Å². The SMILES string of the molecule is Cc1ccc2cc(S(=O)(=O)O)cc(S(=O)(=O)CCOS(=O)(=O)O)c2c1.[CH2]=[Os]. The summed E-state index contributed by atoms with van der Waals surface area (Å²) in [6, 6.07) is 6.55. The van der Waals surface area contributed by atoms with E-state index >= 15 is 0 Å². The number of aryl methyl sites for hydroxylation is 1. The second-order valence-corrected chi connectivity index (χ2v) is 9.78. The topological polar surface area (TPSA) is 152 Å². The van der Waals surface area contributed by atoms with Crippen molar-refractivity contribution < 1.29 is 56.7 Å². The van der Waals surface area contributed by atoms with Crippen LogP contribution in [0.2, 0.25) is 0 Å². The normalized spacial score (nSPS) is 12.4. The van der Waals surface area contributed by atoms with Crippen LogP contribution < -0.4 is 0 Å². The maximum atomic E-state index is 12.5. The van der Waals surface area contributed by atoms with Gasteiger partial charge in [0.05, 0.1) is 22.2 Å². The molecule has 0 amide bonds. The summed E-state index contributed by atoms with van der Waals surface area (Å²) >= 11 is 1.61. The molecule has 2 rings (SSSR count). The fourth-order valence-electron chi connectivity index (χ4n) is 2.18. The van der Waals surface area contributed by atoms with Gasteiger partial charge < -0.3 is 0 Å². The van der Waals surface area contributed by atoms with Crippen LogP contribution in [0.15, 0.2) is 40.1 Å². The summed E-state index contributed by atoms with van der Waals surface area (Å²) in [6.07, 6.45) is 0. The van der Waals surface area contributed by atoms with Gasteiger partial charge in [0.2, 0.25) is 0 Å². The van der Waals surface area contributed by atoms with Crippen molar-refractivity contribution in [1.29, 1.82) is 0 Å². The molecule has 9 nitrogen and oxygen atoms in total. The molecule has 2 aromatic rings. The Kier molecular flexibility index (Phi) is 7.95. The van der Waals surface area contributed by atoms with Gasteiger partial charge in [0.25, 0.3) is 10.1 Å². The van der Waals surface area contributed by atoms with E-state index in [9.17, 15) is 29.8 Å². The van der Waals surface area contributed by atoms with Crippen LogP contribution in [-0.2, 0) is 52.7 Å². The molecule has 0 aliphatic heterocycles. The van der Waals surface area contributed by atoms with Gasteiger partial charge in [-0.15, -0.1) is 0 Å². The Labute approximate surface area is 167 Å². The van der Waals surface area contributed by atoms with Crippen molar-refractivity contribution in [1.82, 2.24) is 0 Å². The Morgan fingerprint density at radius 2 is 1.59 bits per heavy atom. The first kappa shape index (κ1) is 24.0. The zero-order valence-electron chi connectivity index (χ0n) is 13.8. The predicted molar refractivity (Wildman–Crippen MR) is 95.2 cm³/mol. The van der Waals surface area contributed by atoms with E-state index in [1.54, 1.807) is 31.1 Å². The fraction of sp³-hybridized carbons (Fsp3) is 0.214. The minimum absolute atomic E-state index is 0.208. The van der Waals surface area contributed by atoms with Crippen molar-refractivity contribution in [2.45, 2.75) is 16.7 Å². The van der Waals surface area contributed by atoms with Gasteiger partial charge in [-0.1, -0.05) is 23.8 Å². The monoisotopic (exact) mass is 616 g/mol. The molecule has 2 aromatic carbocycles. The fourth-order valence-corrected chi connectivity index (χ4v) is 4.53. The zero-order chi connectivity index (χ0) is 21.0. The van der Waals surface area contributed by atoms with Crippen molar-refractivity contribution >= 4 is 46.2 Å². The molecule has 0 unspecified atom stereocenters. The molecule has 0 aliphatic carbocycles. The van der Waals surface area contributed by atoms with Crippen LogP contribution in [0.4, 0.5) is 0 Å². The standard InChI is InChI=1S/C13H14O9S3.CH2.Os/c1-9-2-3-10-7-11(24(16,17)18)8-13(12(10)6-9)23(14,15)5-4-22-25(19,20)21;;/h2-3,6-8H,4-5H2,1H3,(H,16,17,18)(H,19,20,21);1H2;. The first-order valence-corrected chi connectivity index (χ1v) is 13.2. The van der Waals surface area contributed by atoms with Gasteiger partial charge in [0.1, 0.15) is 0 Å². The third-order valence-electron chi connectivity index (χ3n) is 3.26. The molecule has 0 radical (unpaired) electrons. The molecular formula is C14H16O9OsS3. The van der Waals surface area contributed by atoms with Crippen molar-refractivity contribution in [2.24, 2.45) is 0 Å². The van der Waals surface area contributed by atoms with Crippen molar-refractivity contribution in [3.05, 3.63) is 35.9 Å². The van der Waals surface area contributed by atoms with Crippen LogP contribution in [-0.4, -0.2) is 51.8 Å². The molecule has 13 heteroatoms. The maximum absolute atomic E-state index is 12.5. The molecule has 0 bridgehead atoms. The molecule has 0 aliphatic rings. The summed E-state index contributed by atoms with van der Waals surface area (Å²) in [4.78, 5) is -1.02. The van der Waals surface area contributed by atoms with E-state index in [4.69, 9.17) is 4.55 Å². The number of rotatable bonds is 6. The summed E-state index contributed by atoms with van der Waals surface area (Å²) in [5.41, 5.74) is 0.706. The van der Waals surface area contributed by atoms with Crippen LogP contribution in [0.1, 0.15) is 5.56 Å². The van der Waals surface area contributed by atoms with Crippen molar-refractivity contribution in [3.63, 3.8) is 0 Å². The van der Waals surface area contributed by atoms with Crippen LogP contribution in [0.5, 0.6) is 0 Å². The van der Waals surface area contributed by atoms with E-state index in [0.717, 1.165) is 12.1 Å². The molecule has 0 spiro atoms. The number of hydrogen-bond donors (Lipinski definition) is 2. The van der Waals surface area contributed by atoms with Crippen LogP contribution in [0, 0.1) is 6.92 Å². The Hall–Kier alpha value is -1.06. The average Bonchev–Trinajstić information content (AvgIpc) is 2.53. The Balaban J connectivity index is 0.00000176. The van der Waals surface area contributed by atoms with E-state index in [0.29, 0.717) is 5.56 Å². The van der Waals surface area contributed by atoms with E-state index in [1.165, 1.54) is 12.1 Å². The number of fused-ring (bicyclic) bond motifs is 1. The molecule has 152 valence electrons. The molecule has 2 N–H and O–H groups in total. The van der Waals surface area contributed by atoms with Gasteiger partial charge in [-0.2, -0.15) is 16.8 Å². The van der Waals surface area contributed by atoms with Crippen LogP contribution >= 0.6 is 0 Å². The molecule has 0 atom stereocenters. The van der Waals surface area contributed by atoms with E-state index in [-0.39, 0.29) is 10.8 Å². The minimum atomic E-state index is -4.81. The van der Waals surface area contributed by atoms with E-state index < -0.39 is 52.5 Å². The molecular weight excluding hydrogens is 599 g/mol. The third-order valence-corrected chi connectivity index (χ3v) is 6.27. The second-order valence-electron chi connectivity index (χ2n) is 5.19. The molecule has 27 heavy (non-hydrogen) atoms. The van der Waals surface area contributed by atoms with Crippen LogP contribution in [0.3, 0.4) is 0 Å². The average molecular weight is 615 g/mol. The summed E-state index contributed by atoms with van der Waals surface area (Å²) in [5, 5.41) is 3.74. The van der Waals surface area contributed by atoms with Gasteiger partial charge in [0.15, 0.2) is 9.84 Å². The van der Waals surface area contributed by atoms with Gasteiger partial charge in [-0.25, -0.2) is 12.6 Å². The first-order valence-electron chi connectivity index (χ1n) is 6.91. The van der Waals surface area contributed by atoms with Gasteiger partial charge in [-0.3, -0.25) is 9.11 Å². The quantitative estimate of drug-likeness (QED) is 0.453. The third kappa shape index (κ3) is 6.80. The number of hydrogen-bond acceptors (Lipinski definition) is 7. The van der Waals surface area contributed by atoms with Gasteiger partial charge in [-0.05, 0) is 24.4 Å².